The fourth-order valence-electron chi connectivity index (χ4n) is 5.25. The Morgan fingerprint density at radius 3 is 2.61 bits per heavy atom. The van der Waals surface area contributed by atoms with Crippen molar-refractivity contribution < 1.29 is 4.74 Å². The van der Waals surface area contributed by atoms with Gasteiger partial charge in [-0.05, 0) is 56.1 Å². The van der Waals surface area contributed by atoms with Gasteiger partial charge in [-0.2, -0.15) is 5.10 Å². The normalized spacial score (nSPS) is 27.9. The van der Waals surface area contributed by atoms with Crippen molar-refractivity contribution in [1.82, 2.24) is 10.4 Å². The molecule has 0 aromatic carbocycles. The third-order valence-corrected chi connectivity index (χ3v) is 7.07. The van der Waals surface area contributed by atoms with Gasteiger partial charge in [0.15, 0.2) is 0 Å². The monoisotopic (exact) mass is 400 g/mol. The highest BCUT2D eigenvalue weighted by Crippen LogP contribution is 2.37. The average molecular weight is 401 g/mol. The SMILES string of the molecule is ClC1=CCN=c2c3c([nH]c2=C1C1CCC(OC2CCCCC2)CC1)C=NNC3. The molecule has 0 radical (unpaired) electrons. The van der Waals surface area contributed by atoms with Gasteiger partial charge in [0, 0.05) is 10.6 Å². The van der Waals surface area contributed by atoms with E-state index >= 15 is 0 Å². The Balaban J connectivity index is 1.39. The molecule has 2 saturated carbocycles. The van der Waals surface area contributed by atoms with E-state index in [0.717, 1.165) is 47.1 Å². The summed E-state index contributed by atoms with van der Waals surface area (Å²) in [6.07, 6.45) is 15.9. The molecule has 0 amide bonds. The van der Waals surface area contributed by atoms with E-state index in [-0.39, 0.29) is 0 Å². The number of rotatable bonds is 3. The zero-order valence-corrected chi connectivity index (χ0v) is 17.1. The number of allylic oxidation sites excluding steroid dienone is 1. The number of nitrogens with one attached hydrogen (secondary N) is 2. The number of fused-ring (bicyclic) bond motifs is 3. The van der Waals surface area contributed by atoms with E-state index in [1.165, 1.54) is 43.2 Å². The molecule has 1 aromatic heterocycles. The molecule has 2 fully saturated rings. The maximum atomic E-state index is 6.77. The summed E-state index contributed by atoms with van der Waals surface area (Å²) in [5.41, 5.74) is 6.57. The fraction of sp³-hybridized carbons (Fsp3) is 0.636. The third kappa shape index (κ3) is 3.55. The van der Waals surface area contributed by atoms with Gasteiger partial charge in [0.25, 0.3) is 0 Å². The summed E-state index contributed by atoms with van der Waals surface area (Å²) < 4.78 is 6.45. The summed E-state index contributed by atoms with van der Waals surface area (Å²) in [5, 5.41) is 7.22. The standard InChI is InChI=1S/C22H29ClN4O/c23-18-10-11-24-21-17-12-25-26-13-19(17)27-22(21)20(18)14-6-8-16(9-7-14)28-15-4-2-1-3-5-15/h10,13-16,25,27H,1-9,11-12H2. The Morgan fingerprint density at radius 1 is 1.00 bits per heavy atom. The maximum absolute atomic E-state index is 6.77. The number of aromatic amines is 1. The summed E-state index contributed by atoms with van der Waals surface area (Å²) in [6.45, 7) is 1.35. The lowest BCUT2D eigenvalue weighted by Gasteiger charge is -2.33. The zero-order chi connectivity index (χ0) is 18.9. The first-order valence-corrected chi connectivity index (χ1v) is 11.2. The van der Waals surface area contributed by atoms with Gasteiger partial charge < -0.3 is 15.1 Å². The van der Waals surface area contributed by atoms with Crippen LogP contribution in [0.15, 0.2) is 21.2 Å². The predicted octanol–water partition coefficient (Wildman–Crippen LogP) is 3.27. The van der Waals surface area contributed by atoms with Crippen LogP contribution in [0.1, 0.15) is 69.0 Å². The molecule has 28 heavy (non-hydrogen) atoms. The number of halogens is 1. The lowest BCUT2D eigenvalue weighted by Crippen LogP contribution is -2.33. The number of hydrogen-bond acceptors (Lipinski definition) is 4. The van der Waals surface area contributed by atoms with E-state index in [1.54, 1.807) is 0 Å². The van der Waals surface area contributed by atoms with Crippen LogP contribution in [-0.4, -0.2) is 30.0 Å². The van der Waals surface area contributed by atoms with E-state index in [4.69, 9.17) is 21.3 Å². The molecule has 2 aliphatic heterocycles. The van der Waals surface area contributed by atoms with Crippen molar-refractivity contribution in [2.45, 2.75) is 76.5 Å². The molecule has 150 valence electrons. The number of ether oxygens (including phenoxy) is 1. The van der Waals surface area contributed by atoms with Crippen LogP contribution in [0.3, 0.4) is 0 Å². The summed E-state index contributed by atoms with van der Waals surface area (Å²) in [6, 6.07) is 0. The Morgan fingerprint density at radius 2 is 1.79 bits per heavy atom. The molecule has 0 saturated heterocycles. The highest BCUT2D eigenvalue weighted by atomic mass is 35.5. The van der Waals surface area contributed by atoms with Crippen LogP contribution in [0.4, 0.5) is 0 Å². The molecule has 1 aromatic rings. The minimum Gasteiger partial charge on any atom is -0.375 e. The van der Waals surface area contributed by atoms with Gasteiger partial charge in [0.05, 0.1) is 47.9 Å². The Kier molecular flexibility index (Phi) is 5.29. The quantitative estimate of drug-likeness (QED) is 0.817. The van der Waals surface area contributed by atoms with Crippen LogP contribution in [0, 0.1) is 5.92 Å². The van der Waals surface area contributed by atoms with E-state index in [1.807, 2.05) is 6.21 Å². The number of nitrogens with zero attached hydrogens (tertiary/aromatic N) is 2. The molecule has 0 atom stereocenters. The minimum atomic E-state index is 0.422. The van der Waals surface area contributed by atoms with Crippen molar-refractivity contribution in [1.29, 1.82) is 0 Å². The van der Waals surface area contributed by atoms with Gasteiger partial charge in [-0.3, -0.25) is 4.99 Å². The third-order valence-electron chi connectivity index (χ3n) is 6.71. The molecule has 6 heteroatoms. The largest absolute Gasteiger partial charge is 0.375 e. The molecular formula is C22H29ClN4O. The summed E-state index contributed by atoms with van der Waals surface area (Å²) in [4.78, 5) is 8.38. The van der Waals surface area contributed by atoms with Gasteiger partial charge in [-0.1, -0.05) is 30.9 Å². The van der Waals surface area contributed by atoms with Crippen molar-refractivity contribution >= 4 is 23.4 Å². The van der Waals surface area contributed by atoms with Crippen molar-refractivity contribution in [2.24, 2.45) is 16.0 Å². The van der Waals surface area contributed by atoms with Gasteiger partial charge in [0.1, 0.15) is 0 Å². The van der Waals surface area contributed by atoms with Crippen LogP contribution in [-0.2, 0) is 11.3 Å². The number of hydrazone groups is 1. The first kappa shape index (κ1) is 18.4. The van der Waals surface area contributed by atoms with E-state index in [0.29, 0.717) is 31.2 Å². The molecule has 3 heterocycles. The topological polar surface area (TPSA) is 61.8 Å². The summed E-state index contributed by atoms with van der Waals surface area (Å²) >= 11 is 6.77. The molecular weight excluding hydrogens is 372 g/mol. The van der Waals surface area contributed by atoms with Crippen molar-refractivity contribution in [2.75, 3.05) is 6.54 Å². The van der Waals surface area contributed by atoms with Crippen molar-refractivity contribution in [3.05, 3.63) is 33.1 Å². The van der Waals surface area contributed by atoms with Gasteiger partial charge >= 0.3 is 0 Å². The van der Waals surface area contributed by atoms with E-state index in [2.05, 4.69) is 21.6 Å². The molecule has 0 bridgehead atoms. The van der Waals surface area contributed by atoms with Crippen molar-refractivity contribution in [3.63, 3.8) is 0 Å². The highest BCUT2D eigenvalue weighted by molar-refractivity contribution is 6.35. The Labute approximate surface area is 171 Å². The van der Waals surface area contributed by atoms with E-state index in [9.17, 15) is 0 Å². The van der Waals surface area contributed by atoms with Crippen LogP contribution >= 0.6 is 11.6 Å². The second-order valence-electron chi connectivity index (χ2n) is 8.51. The average Bonchev–Trinajstić information content (AvgIpc) is 3.00. The van der Waals surface area contributed by atoms with Crippen molar-refractivity contribution in [3.8, 4) is 0 Å². The molecule has 5 rings (SSSR count). The maximum Gasteiger partial charge on any atom is 0.0888 e. The fourth-order valence-corrected chi connectivity index (χ4v) is 5.57. The number of hydrogen-bond donors (Lipinski definition) is 2. The lowest BCUT2D eigenvalue weighted by molar-refractivity contribution is -0.0481. The van der Waals surface area contributed by atoms with Gasteiger partial charge in [-0.25, -0.2) is 0 Å². The molecule has 5 nitrogen and oxygen atoms in total. The Hall–Kier alpha value is -1.59. The minimum absolute atomic E-state index is 0.422. The lowest BCUT2D eigenvalue weighted by atomic mass is 9.81. The second kappa shape index (κ2) is 8.03. The molecule has 0 unspecified atom stereocenters. The molecule has 4 aliphatic rings. The molecule has 2 aliphatic carbocycles. The van der Waals surface area contributed by atoms with Gasteiger partial charge in [-0.15, -0.1) is 0 Å². The molecule has 2 N–H and O–H groups in total. The first-order chi connectivity index (χ1) is 13.8. The van der Waals surface area contributed by atoms with Crippen LogP contribution < -0.4 is 16.1 Å². The number of H-pyrrole nitrogens is 1. The summed E-state index contributed by atoms with van der Waals surface area (Å²) in [7, 11) is 0. The van der Waals surface area contributed by atoms with Crippen LogP contribution in [0.25, 0.3) is 5.57 Å². The summed E-state index contributed by atoms with van der Waals surface area (Å²) in [5.74, 6) is 0.465. The molecule has 0 spiro atoms. The predicted molar refractivity (Wildman–Crippen MR) is 112 cm³/mol. The van der Waals surface area contributed by atoms with Crippen LogP contribution in [0.5, 0.6) is 0 Å². The van der Waals surface area contributed by atoms with Gasteiger partial charge in [0.2, 0.25) is 0 Å². The first-order valence-electron chi connectivity index (χ1n) is 10.9. The Bertz CT molecular complexity index is 902. The smallest absolute Gasteiger partial charge is 0.0888 e. The zero-order valence-electron chi connectivity index (χ0n) is 16.3. The second-order valence-corrected chi connectivity index (χ2v) is 8.92. The number of aromatic nitrogens is 1. The van der Waals surface area contributed by atoms with E-state index < -0.39 is 0 Å². The highest BCUT2D eigenvalue weighted by Gasteiger charge is 2.29. The van der Waals surface area contributed by atoms with Crippen LogP contribution in [0.2, 0.25) is 0 Å².